The van der Waals surface area contributed by atoms with E-state index in [1.54, 1.807) is 5.19 Å². The molecule has 0 amide bonds. The van der Waals surface area contributed by atoms with Crippen molar-refractivity contribution in [2.75, 3.05) is 6.61 Å². The number of epoxide rings is 1. The maximum absolute atomic E-state index is 10.1. The molecule has 0 radical (unpaired) electrons. The van der Waals surface area contributed by atoms with E-state index in [4.69, 9.17) is 9.16 Å². The molecule has 1 N–H and O–H groups in total. The van der Waals surface area contributed by atoms with Gasteiger partial charge in [-0.25, -0.2) is 0 Å². The van der Waals surface area contributed by atoms with E-state index in [0.717, 1.165) is 12.5 Å². The van der Waals surface area contributed by atoms with Gasteiger partial charge in [-0.3, -0.25) is 0 Å². The van der Waals surface area contributed by atoms with Crippen LogP contribution in [0.4, 0.5) is 0 Å². The smallest absolute Gasteiger partial charge is 0.192 e. The summed E-state index contributed by atoms with van der Waals surface area (Å²) in [7, 11) is -2.23. The van der Waals surface area contributed by atoms with Gasteiger partial charge in [-0.1, -0.05) is 50.2 Å². The van der Waals surface area contributed by atoms with Crippen molar-refractivity contribution in [3.8, 4) is 0 Å². The van der Waals surface area contributed by atoms with E-state index < -0.39 is 17.8 Å². The Morgan fingerprint density at radius 2 is 2.00 bits per heavy atom. The van der Waals surface area contributed by atoms with E-state index in [9.17, 15) is 5.11 Å². The van der Waals surface area contributed by atoms with Crippen LogP contribution in [0, 0.1) is 19.8 Å². The highest BCUT2D eigenvalue weighted by molar-refractivity contribution is 6.74. The van der Waals surface area contributed by atoms with Gasteiger partial charge in [-0.05, 0) is 43.1 Å². The number of hydrogen-bond donors (Lipinski definition) is 1. The van der Waals surface area contributed by atoms with Crippen molar-refractivity contribution in [1.29, 1.82) is 0 Å². The number of fused-ring (bicyclic) bond motifs is 1. The predicted molar refractivity (Wildman–Crippen MR) is 114 cm³/mol. The Kier molecular flexibility index (Phi) is 5.34. The number of hydrogen-bond acceptors (Lipinski definition) is 3. The van der Waals surface area contributed by atoms with Crippen LogP contribution in [0.3, 0.4) is 0 Å². The highest BCUT2D eigenvalue weighted by Crippen LogP contribution is 2.57. The summed E-state index contributed by atoms with van der Waals surface area (Å²) in [4.78, 5) is 0. The van der Waals surface area contributed by atoms with E-state index in [1.165, 1.54) is 11.1 Å². The first-order chi connectivity index (χ1) is 12.0. The second kappa shape index (κ2) is 6.85. The molecule has 1 heterocycles. The van der Waals surface area contributed by atoms with Crippen LogP contribution >= 0.6 is 0 Å². The normalized spacial score (nSPS) is 31.6. The van der Waals surface area contributed by atoms with Crippen LogP contribution in [-0.4, -0.2) is 47.4 Å². The Balaban J connectivity index is 1.76. The highest BCUT2D eigenvalue weighted by atomic mass is 28.4. The topological polar surface area (TPSA) is 42.0 Å². The summed E-state index contributed by atoms with van der Waals surface area (Å²) < 4.78 is 12.8. The average molecular weight is 393 g/mol. The number of ether oxygens (including phenoxy) is 1. The first-order valence-electron chi connectivity index (χ1n) is 10.0. The number of rotatable bonds is 6. The number of benzene rings is 1. The van der Waals surface area contributed by atoms with E-state index in [2.05, 4.69) is 65.9 Å². The van der Waals surface area contributed by atoms with Crippen molar-refractivity contribution in [2.45, 2.75) is 83.0 Å². The monoisotopic (exact) mass is 392 g/mol. The van der Waals surface area contributed by atoms with Gasteiger partial charge in [0.2, 0.25) is 0 Å². The second-order valence-electron chi connectivity index (χ2n) is 9.88. The summed E-state index contributed by atoms with van der Waals surface area (Å²) >= 11 is 0. The van der Waals surface area contributed by atoms with Crippen LogP contribution in [0.15, 0.2) is 18.2 Å². The summed E-state index contributed by atoms with van der Waals surface area (Å²) in [6, 6.07) is 7.83. The maximum Gasteiger partial charge on any atom is 0.192 e. The molecule has 1 aromatic carbocycles. The van der Waals surface area contributed by atoms with Crippen LogP contribution in [0.5, 0.6) is 0 Å². The molecule has 1 saturated carbocycles. The molecule has 3 nitrogen and oxygen atoms in total. The van der Waals surface area contributed by atoms with Crippen LogP contribution in [0.1, 0.15) is 38.3 Å². The molecule has 146 valence electrons. The lowest BCUT2D eigenvalue weighted by Crippen LogP contribution is -2.47. The summed E-state index contributed by atoms with van der Waals surface area (Å²) in [5.41, 5.74) is 2.52. The molecular weight excluding hydrogens is 356 g/mol. The van der Waals surface area contributed by atoms with E-state index in [0.29, 0.717) is 5.92 Å². The Morgan fingerprint density at radius 3 is 2.62 bits per heavy atom. The Bertz CT molecular complexity index is 664. The number of aryl methyl sites for hydroxylation is 1. The molecule has 1 aliphatic heterocycles. The quantitative estimate of drug-likeness (QED) is 0.598. The van der Waals surface area contributed by atoms with Gasteiger partial charge in [-0.15, -0.1) is 0 Å². The average Bonchev–Trinajstić information content (AvgIpc) is 3.16. The predicted octanol–water partition coefficient (Wildman–Crippen LogP) is 3.06. The van der Waals surface area contributed by atoms with Gasteiger partial charge in [0.1, 0.15) is 5.60 Å². The molecule has 0 spiro atoms. The summed E-state index contributed by atoms with van der Waals surface area (Å²) in [5.74, 6) is 0.346. The summed E-state index contributed by atoms with van der Waals surface area (Å²) in [6.07, 6.45) is 1.41. The largest absolute Gasteiger partial charge is 0.413 e. The zero-order valence-corrected chi connectivity index (χ0v) is 20.0. The molecule has 5 heteroatoms. The minimum Gasteiger partial charge on any atom is -0.413 e. The van der Waals surface area contributed by atoms with Crippen LogP contribution in [0.25, 0.3) is 0 Å². The molecular formula is C21H36O3Si2. The standard InChI is InChI=1S/C21H36O3Si2/c1-14-9-8-10-18(15(14)2)25-12-16-17(11-19-21(16,13-22)23-19)24-26(6,7)20(3,4)5/h8-10,16-17,19,22H,11-13,25H2,1-7H3/t16-,17+,19-,21+/m1/s1. The molecule has 2 fully saturated rings. The van der Waals surface area contributed by atoms with Gasteiger partial charge < -0.3 is 14.3 Å². The van der Waals surface area contributed by atoms with Crippen molar-refractivity contribution >= 4 is 23.0 Å². The Labute approximate surface area is 162 Å². The minimum atomic E-state index is -1.82. The molecule has 3 rings (SSSR count). The summed E-state index contributed by atoms with van der Waals surface area (Å²) in [6.45, 7) is 16.1. The molecule has 1 saturated heterocycles. The lowest BCUT2D eigenvalue weighted by atomic mass is 9.96. The molecule has 1 aliphatic carbocycles. The molecule has 26 heavy (non-hydrogen) atoms. The first-order valence-corrected chi connectivity index (χ1v) is 14.6. The molecule has 1 aromatic rings. The van der Waals surface area contributed by atoms with Crippen LogP contribution < -0.4 is 5.19 Å². The minimum absolute atomic E-state index is 0.140. The van der Waals surface area contributed by atoms with Crippen molar-refractivity contribution in [3.05, 3.63) is 29.3 Å². The third-order valence-electron chi connectivity index (χ3n) is 7.31. The fourth-order valence-corrected chi connectivity index (χ4v) is 8.07. The van der Waals surface area contributed by atoms with Gasteiger partial charge >= 0.3 is 0 Å². The van der Waals surface area contributed by atoms with Crippen molar-refractivity contribution in [2.24, 2.45) is 5.92 Å². The van der Waals surface area contributed by atoms with Crippen molar-refractivity contribution in [3.63, 3.8) is 0 Å². The number of aliphatic hydroxyl groups is 1. The lowest BCUT2D eigenvalue weighted by molar-refractivity contribution is 0.0375. The molecule has 4 atom stereocenters. The maximum atomic E-state index is 10.1. The molecule has 0 bridgehead atoms. The fourth-order valence-electron chi connectivity index (χ4n) is 4.26. The van der Waals surface area contributed by atoms with Crippen molar-refractivity contribution in [1.82, 2.24) is 0 Å². The van der Waals surface area contributed by atoms with E-state index in [1.807, 2.05) is 0 Å². The second-order valence-corrected chi connectivity index (χ2v) is 16.5. The van der Waals surface area contributed by atoms with Crippen LogP contribution in [-0.2, 0) is 9.16 Å². The van der Waals surface area contributed by atoms with Gasteiger partial charge in [0.25, 0.3) is 0 Å². The zero-order chi connectivity index (χ0) is 19.3. The SMILES string of the molecule is Cc1cccc([SiH2]C[C@@H]2[C@@H](O[Si](C)(C)C(C)(C)C)C[C@H]3O[C@@]23CO)c1C. The molecule has 0 unspecified atom stereocenters. The van der Waals surface area contributed by atoms with Crippen molar-refractivity contribution < 1.29 is 14.3 Å². The zero-order valence-electron chi connectivity index (χ0n) is 17.6. The molecule has 2 aliphatic rings. The van der Waals surface area contributed by atoms with Gasteiger partial charge in [0, 0.05) is 12.3 Å². The third-order valence-corrected chi connectivity index (χ3v) is 14.0. The van der Waals surface area contributed by atoms with Crippen LogP contribution in [0.2, 0.25) is 24.2 Å². The van der Waals surface area contributed by atoms with Gasteiger partial charge in [-0.2, -0.15) is 0 Å². The Hall–Kier alpha value is -0.466. The fraction of sp³-hybridized carbons (Fsp3) is 0.714. The van der Waals surface area contributed by atoms with Gasteiger partial charge in [0.05, 0.1) is 28.3 Å². The third kappa shape index (κ3) is 3.49. The lowest BCUT2D eigenvalue weighted by Gasteiger charge is -2.41. The van der Waals surface area contributed by atoms with E-state index >= 15 is 0 Å². The van der Waals surface area contributed by atoms with E-state index in [-0.39, 0.29) is 29.5 Å². The summed E-state index contributed by atoms with van der Waals surface area (Å²) in [5, 5.41) is 11.8. The Morgan fingerprint density at radius 1 is 1.31 bits per heavy atom. The highest BCUT2D eigenvalue weighted by Gasteiger charge is 2.69. The van der Waals surface area contributed by atoms with Gasteiger partial charge in [0.15, 0.2) is 8.32 Å². The molecule has 0 aromatic heterocycles. The number of aliphatic hydroxyl groups excluding tert-OH is 1. The first kappa shape index (κ1) is 20.3.